The highest BCUT2D eigenvalue weighted by atomic mass is 19.1. The van der Waals surface area contributed by atoms with Crippen molar-refractivity contribution >= 4 is 5.91 Å². The third kappa shape index (κ3) is 3.63. The SMILES string of the molecule is CC(N)C(=O)NCc1cc(F)cc(F)c1. The van der Waals surface area contributed by atoms with Crippen molar-refractivity contribution in [1.29, 1.82) is 0 Å². The molecule has 1 atom stereocenters. The molecule has 0 fully saturated rings. The first-order valence-electron chi connectivity index (χ1n) is 4.47. The number of hydrogen-bond donors (Lipinski definition) is 2. The highest BCUT2D eigenvalue weighted by molar-refractivity contribution is 5.80. The van der Waals surface area contributed by atoms with Crippen LogP contribution >= 0.6 is 0 Å². The van der Waals surface area contributed by atoms with Gasteiger partial charge < -0.3 is 11.1 Å². The average molecular weight is 214 g/mol. The maximum Gasteiger partial charge on any atom is 0.236 e. The van der Waals surface area contributed by atoms with Gasteiger partial charge >= 0.3 is 0 Å². The van der Waals surface area contributed by atoms with E-state index in [1.54, 1.807) is 0 Å². The summed E-state index contributed by atoms with van der Waals surface area (Å²) >= 11 is 0. The Morgan fingerprint density at radius 1 is 1.40 bits per heavy atom. The lowest BCUT2D eigenvalue weighted by atomic mass is 10.2. The molecule has 1 unspecified atom stereocenters. The molecule has 1 rings (SSSR count). The van der Waals surface area contributed by atoms with Gasteiger partial charge in [0.15, 0.2) is 0 Å². The number of benzene rings is 1. The fraction of sp³-hybridized carbons (Fsp3) is 0.300. The van der Waals surface area contributed by atoms with E-state index in [1.165, 1.54) is 6.92 Å². The van der Waals surface area contributed by atoms with E-state index in [9.17, 15) is 13.6 Å². The van der Waals surface area contributed by atoms with Gasteiger partial charge in [0.2, 0.25) is 5.91 Å². The number of nitrogens with one attached hydrogen (secondary N) is 1. The molecule has 0 saturated heterocycles. The summed E-state index contributed by atoms with van der Waals surface area (Å²) in [4.78, 5) is 11.1. The number of carbonyl (C=O) groups is 1. The summed E-state index contributed by atoms with van der Waals surface area (Å²) < 4.78 is 25.5. The first-order valence-corrected chi connectivity index (χ1v) is 4.47. The van der Waals surface area contributed by atoms with E-state index < -0.39 is 17.7 Å². The van der Waals surface area contributed by atoms with E-state index >= 15 is 0 Å². The number of hydrogen-bond acceptors (Lipinski definition) is 2. The van der Waals surface area contributed by atoms with Gasteiger partial charge in [-0.25, -0.2) is 8.78 Å². The fourth-order valence-corrected chi connectivity index (χ4v) is 1.06. The topological polar surface area (TPSA) is 55.1 Å². The highest BCUT2D eigenvalue weighted by Gasteiger charge is 2.07. The highest BCUT2D eigenvalue weighted by Crippen LogP contribution is 2.07. The molecule has 0 aliphatic heterocycles. The van der Waals surface area contributed by atoms with Crippen LogP contribution in [-0.4, -0.2) is 11.9 Å². The summed E-state index contributed by atoms with van der Waals surface area (Å²) in [6, 6.07) is 2.45. The van der Waals surface area contributed by atoms with Crippen LogP contribution in [0.15, 0.2) is 18.2 Å². The van der Waals surface area contributed by atoms with Crippen LogP contribution in [-0.2, 0) is 11.3 Å². The van der Waals surface area contributed by atoms with E-state index in [0.717, 1.165) is 18.2 Å². The quantitative estimate of drug-likeness (QED) is 0.786. The minimum Gasteiger partial charge on any atom is -0.351 e. The van der Waals surface area contributed by atoms with E-state index in [1.807, 2.05) is 0 Å². The van der Waals surface area contributed by atoms with Crippen LogP contribution in [0.25, 0.3) is 0 Å². The molecule has 0 saturated carbocycles. The standard InChI is InChI=1S/C10H12F2N2O/c1-6(13)10(15)14-5-7-2-8(11)4-9(12)3-7/h2-4,6H,5,13H2,1H3,(H,14,15). The zero-order chi connectivity index (χ0) is 11.4. The smallest absolute Gasteiger partial charge is 0.236 e. The van der Waals surface area contributed by atoms with E-state index in [2.05, 4.69) is 5.32 Å². The molecule has 3 nitrogen and oxygen atoms in total. The lowest BCUT2D eigenvalue weighted by Gasteiger charge is -2.07. The van der Waals surface area contributed by atoms with E-state index in [4.69, 9.17) is 5.73 Å². The number of amides is 1. The zero-order valence-electron chi connectivity index (χ0n) is 8.26. The molecule has 0 radical (unpaired) electrons. The van der Waals surface area contributed by atoms with E-state index in [-0.39, 0.29) is 12.5 Å². The van der Waals surface area contributed by atoms with Gasteiger partial charge in [-0.1, -0.05) is 0 Å². The predicted molar refractivity (Wildman–Crippen MR) is 51.9 cm³/mol. The van der Waals surface area contributed by atoms with Crippen LogP contribution in [0.4, 0.5) is 8.78 Å². The molecule has 1 aromatic rings. The number of halogens is 2. The molecule has 82 valence electrons. The summed E-state index contributed by atoms with van der Waals surface area (Å²) in [5.74, 6) is -1.69. The number of nitrogens with two attached hydrogens (primary N) is 1. The first-order chi connectivity index (χ1) is 6.99. The predicted octanol–water partition coefficient (Wildman–Crippen LogP) is 0.928. The summed E-state index contributed by atoms with van der Waals surface area (Å²) in [6.07, 6.45) is 0. The van der Waals surface area contributed by atoms with Crippen molar-refractivity contribution in [3.8, 4) is 0 Å². The molecule has 1 aromatic carbocycles. The second-order valence-corrected chi connectivity index (χ2v) is 3.28. The summed E-state index contributed by atoms with van der Waals surface area (Å²) in [7, 11) is 0. The van der Waals surface area contributed by atoms with Crippen LogP contribution in [0.2, 0.25) is 0 Å². The average Bonchev–Trinajstić information content (AvgIpc) is 2.12. The van der Waals surface area contributed by atoms with Crippen molar-refractivity contribution < 1.29 is 13.6 Å². The van der Waals surface area contributed by atoms with Crippen molar-refractivity contribution in [3.63, 3.8) is 0 Å². The van der Waals surface area contributed by atoms with Crippen LogP contribution in [0.1, 0.15) is 12.5 Å². The lowest BCUT2D eigenvalue weighted by molar-refractivity contribution is -0.122. The molecule has 0 aliphatic carbocycles. The van der Waals surface area contributed by atoms with Gasteiger partial charge in [0, 0.05) is 12.6 Å². The Labute approximate surface area is 86.3 Å². The summed E-state index contributed by atoms with van der Waals surface area (Å²) in [6.45, 7) is 1.59. The molecule has 15 heavy (non-hydrogen) atoms. The number of carbonyl (C=O) groups excluding carboxylic acids is 1. The molecule has 0 bridgehead atoms. The molecular weight excluding hydrogens is 202 g/mol. The molecular formula is C10H12F2N2O. The van der Waals surface area contributed by atoms with Crippen molar-refractivity contribution in [1.82, 2.24) is 5.32 Å². The minimum atomic E-state index is -0.667. The Kier molecular flexibility index (Phi) is 3.74. The number of rotatable bonds is 3. The summed E-state index contributed by atoms with van der Waals surface area (Å²) in [5, 5.41) is 2.46. The third-order valence-corrected chi connectivity index (χ3v) is 1.80. The van der Waals surface area contributed by atoms with Crippen LogP contribution in [0.5, 0.6) is 0 Å². The Morgan fingerprint density at radius 3 is 2.40 bits per heavy atom. The van der Waals surface area contributed by atoms with Crippen LogP contribution < -0.4 is 11.1 Å². The maximum atomic E-state index is 12.7. The first kappa shape index (κ1) is 11.6. The van der Waals surface area contributed by atoms with E-state index in [0.29, 0.717) is 5.56 Å². The molecule has 0 aliphatic rings. The van der Waals surface area contributed by atoms with Crippen molar-refractivity contribution in [3.05, 3.63) is 35.4 Å². The molecule has 0 heterocycles. The van der Waals surface area contributed by atoms with Crippen molar-refractivity contribution in [2.45, 2.75) is 19.5 Å². The van der Waals surface area contributed by atoms with Gasteiger partial charge in [0.25, 0.3) is 0 Å². The van der Waals surface area contributed by atoms with Gasteiger partial charge in [-0.15, -0.1) is 0 Å². The van der Waals surface area contributed by atoms with Gasteiger partial charge in [-0.3, -0.25) is 4.79 Å². The molecule has 0 aromatic heterocycles. The minimum absolute atomic E-state index is 0.0645. The molecule has 1 amide bonds. The maximum absolute atomic E-state index is 12.7. The molecule has 0 spiro atoms. The van der Waals surface area contributed by atoms with Crippen molar-refractivity contribution in [2.24, 2.45) is 5.73 Å². The Bertz CT molecular complexity index is 346. The second-order valence-electron chi connectivity index (χ2n) is 3.28. The molecule has 3 N–H and O–H groups in total. The van der Waals surface area contributed by atoms with Gasteiger partial charge in [0.1, 0.15) is 11.6 Å². The van der Waals surface area contributed by atoms with Gasteiger partial charge in [-0.05, 0) is 24.6 Å². The Morgan fingerprint density at radius 2 is 1.93 bits per heavy atom. The van der Waals surface area contributed by atoms with Crippen molar-refractivity contribution in [2.75, 3.05) is 0 Å². The molecule has 5 heteroatoms. The third-order valence-electron chi connectivity index (χ3n) is 1.80. The normalized spacial score (nSPS) is 12.3. The monoisotopic (exact) mass is 214 g/mol. The zero-order valence-corrected chi connectivity index (χ0v) is 8.26. The fourth-order valence-electron chi connectivity index (χ4n) is 1.06. The van der Waals surface area contributed by atoms with Gasteiger partial charge in [-0.2, -0.15) is 0 Å². The van der Waals surface area contributed by atoms with Crippen LogP contribution in [0.3, 0.4) is 0 Å². The second kappa shape index (κ2) is 4.84. The lowest BCUT2D eigenvalue weighted by Crippen LogP contribution is -2.37. The van der Waals surface area contributed by atoms with Crippen LogP contribution in [0, 0.1) is 11.6 Å². The Balaban J connectivity index is 2.61. The Hall–Kier alpha value is -1.49. The van der Waals surface area contributed by atoms with Gasteiger partial charge in [0.05, 0.1) is 6.04 Å². The largest absolute Gasteiger partial charge is 0.351 e. The summed E-state index contributed by atoms with van der Waals surface area (Å²) in [5.41, 5.74) is 5.66.